The van der Waals surface area contributed by atoms with Crippen LogP contribution < -0.4 is 4.74 Å². The van der Waals surface area contributed by atoms with E-state index >= 15 is 0 Å². The minimum absolute atomic E-state index is 0.823. The van der Waals surface area contributed by atoms with Crippen LogP contribution in [0.4, 0.5) is 0 Å². The molecule has 0 aliphatic carbocycles. The molecule has 3 aromatic carbocycles. The minimum atomic E-state index is 0.823. The Labute approximate surface area is 179 Å². The van der Waals surface area contributed by atoms with Gasteiger partial charge in [0.2, 0.25) is 0 Å². The van der Waals surface area contributed by atoms with Crippen LogP contribution in [0.3, 0.4) is 0 Å². The highest BCUT2D eigenvalue weighted by molar-refractivity contribution is 5.80. The molecule has 0 unspecified atom stereocenters. The van der Waals surface area contributed by atoms with Crippen LogP contribution in [0.25, 0.3) is 0 Å². The van der Waals surface area contributed by atoms with Gasteiger partial charge in [0.1, 0.15) is 11.5 Å². The molecule has 0 spiro atoms. The summed E-state index contributed by atoms with van der Waals surface area (Å²) in [6.07, 6.45) is 1.93. The number of hydrazone groups is 1. The molecular formula is C26H29N3O. The summed E-state index contributed by atoms with van der Waals surface area (Å²) in [5, 5.41) is 6.85. The molecule has 0 saturated carbocycles. The van der Waals surface area contributed by atoms with Crippen molar-refractivity contribution in [3.05, 3.63) is 95.1 Å². The molecule has 30 heavy (non-hydrogen) atoms. The highest BCUT2D eigenvalue weighted by Gasteiger charge is 2.16. The first-order valence-corrected chi connectivity index (χ1v) is 10.6. The third-order valence-electron chi connectivity index (χ3n) is 5.45. The van der Waals surface area contributed by atoms with E-state index in [0.717, 1.165) is 49.8 Å². The first-order valence-electron chi connectivity index (χ1n) is 10.6. The fourth-order valence-corrected chi connectivity index (χ4v) is 3.71. The maximum absolute atomic E-state index is 5.92. The average Bonchev–Trinajstić information content (AvgIpc) is 2.76. The Morgan fingerprint density at radius 2 is 1.60 bits per heavy atom. The number of nitrogens with zero attached hydrogens (tertiary/aromatic N) is 3. The third kappa shape index (κ3) is 5.49. The molecule has 0 amide bonds. The quantitative estimate of drug-likeness (QED) is 0.530. The number of para-hydroxylation sites is 1. The van der Waals surface area contributed by atoms with Gasteiger partial charge >= 0.3 is 0 Å². The Morgan fingerprint density at radius 3 is 2.37 bits per heavy atom. The van der Waals surface area contributed by atoms with Gasteiger partial charge in [-0.25, -0.2) is 0 Å². The fraction of sp³-hybridized carbons (Fsp3) is 0.269. The smallest absolute Gasteiger partial charge is 0.128 e. The third-order valence-corrected chi connectivity index (χ3v) is 5.45. The molecule has 4 nitrogen and oxygen atoms in total. The van der Waals surface area contributed by atoms with Gasteiger partial charge in [-0.2, -0.15) is 5.10 Å². The van der Waals surface area contributed by atoms with Crippen LogP contribution in [-0.2, 0) is 6.54 Å². The van der Waals surface area contributed by atoms with Crippen molar-refractivity contribution in [2.75, 3.05) is 26.2 Å². The molecule has 1 aliphatic rings. The summed E-state index contributed by atoms with van der Waals surface area (Å²) in [6.45, 7) is 9.32. The van der Waals surface area contributed by atoms with Crippen molar-refractivity contribution in [1.29, 1.82) is 0 Å². The van der Waals surface area contributed by atoms with E-state index < -0.39 is 0 Å². The second-order valence-electron chi connectivity index (χ2n) is 7.89. The van der Waals surface area contributed by atoms with Crippen LogP contribution in [0.15, 0.2) is 77.9 Å². The van der Waals surface area contributed by atoms with Crippen molar-refractivity contribution in [3.63, 3.8) is 0 Å². The predicted molar refractivity (Wildman–Crippen MR) is 123 cm³/mol. The SMILES string of the molecule is Cc1ccc(CN2CCN(/N=C/c3cccc(Oc4ccccc4)c3)CC2)c(C)c1. The lowest BCUT2D eigenvalue weighted by Gasteiger charge is -2.33. The van der Waals surface area contributed by atoms with E-state index in [9.17, 15) is 0 Å². The summed E-state index contributed by atoms with van der Waals surface area (Å²) < 4.78 is 5.92. The maximum Gasteiger partial charge on any atom is 0.128 e. The molecule has 4 rings (SSSR count). The minimum Gasteiger partial charge on any atom is -0.457 e. The van der Waals surface area contributed by atoms with Crippen molar-refractivity contribution in [2.24, 2.45) is 5.10 Å². The van der Waals surface area contributed by atoms with Crippen molar-refractivity contribution in [2.45, 2.75) is 20.4 Å². The molecular weight excluding hydrogens is 370 g/mol. The molecule has 1 heterocycles. The van der Waals surface area contributed by atoms with E-state index in [1.807, 2.05) is 54.7 Å². The molecule has 0 bridgehead atoms. The molecule has 1 aliphatic heterocycles. The molecule has 1 saturated heterocycles. The maximum atomic E-state index is 5.92. The molecule has 0 atom stereocenters. The first kappa shape index (κ1) is 20.2. The summed E-state index contributed by atoms with van der Waals surface area (Å²) in [5.74, 6) is 1.66. The summed E-state index contributed by atoms with van der Waals surface area (Å²) in [4.78, 5) is 2.51. The van der Waals surface area contributed by atoms with E-state index in [2.05, 4.69) is 48.0 Å². The van der Waals surface area contributed by atoms with Gasteiger partial charge in [0.25, 0.3) is 0 Å². The van der Waals surface area contributed by atoms with Gasteiger partial charge < -0.3 is 4.74 Å². The molecule has 3 aromatic rings. The molecule has 0 aromatic heterocycles. The zero-order chi connectivity index (χ0) is 20.8. The lowest BCUT2D eigenvalue weighted by molar-refractivity contribution is 0.131. The van der Waals surface area contributed by atoms with Gasteiger partial charge in [-0.3, -0.25) is 9.91 Å². The van der Waals surface area contributed by atoms with Crippen LogP contribution in [0.1, 0.15) is 22.3 Å². The molecule has 1 fully saturated rings. The van der Waals surface area contributed by atoms with E-state index in [1.54, 1.807) is 0 Å². The second kappa shape index (κ2) is 9.59. The number of aryl methyl sites for hydroxylation is 2. The fourth-order valence-electron chi connectivity index (χ4n) is 3.71. The van der Waals surface area contributed by atoms with Gasteiger partial charge in [-0.1, -0.05) is 54.1 Å². The van der Waals surface area contributed by atoms with Crippen molar-refractivity contribution >= 4 is 6.21 Å². The number of hydrogen-bond acceptors (Lipinski definition) is 4. The Bertz CT molecular complexity index is 992. The van der Waals surface area contributed by atoms with Crippen LogP contribution in [0.2, 0.25) is 0 Å². The number of piperazine rings is 1. The second-order valence-corrected chi connectivity index (χ2v) is 7.89. The molecule has 4 heteroatoms. The van der Waals surface area contributed by atoms with Crippen LogP contribution >= 0.6 is 0 Å². The predicted octanol–water partition coefficient (Wildman–Crippen LogP) is 5.25. The lowest BCUT2D eigenvalue weighted by Crippen LogP contribution is -2.43. The van der Waals surface area contributed by atoms with Crippen molar-refractivity contribution < 1.29 is 4.74 Å². The highest BCUT2D eigenvalue weighted by atomic mass is 16.5. The Hall–Kier alpha value is -3.11. The summed E-state index contributed by atoms with van der Waals surface area (Å²) in [5.41, 5.74) is 5.18. The van der Waals surface area contributed by atoms with Crippen LogP contribution in [-0.4, -0.2) is 42.3 Å². The monoisotopic (exact) mass is 399 g/mol. The van der Waals surface area contributed by atoms with Gasteiger partial charge in [0.15, 0.2) is 0 Å². The normalized spacial score (nSPS) is 14.9. The van der Waals surface area contributed by atoms with Crippen molar-refractivity contribution in [1.82, 2.24) is 9.91 Å². The highest BCUT2D eigenvalue weighted by Crippen LogP contribution is 2.21. The molecule has 154 valence electrons. The van der Waals surface area contributed by atoms with E-state index in [1.165, 1.54) is 16.7 Å². The molecule has 0 radical (unpaired) electrons. The largest absolute Gasteiger partial charge is 0.457 e. The standard InChI is InChI=1S/C26H29N3O/c1-21-11-12-24(22(2)17-21)20-28-13-15-29(16-14-28)27-19-23-7-6-10-26(18-23)30-25-8-4-3-5-9-25/h3-12,17-19H,13-16,20H2,1-2H3/b27-19+. The first-order chi connectivity index (χ1) is 14.7. The number of benzene rings is 3. The Morgan fingerprint density at radius 1 is 0.833 bits per heavy atom. The summed E-state index contributed by atoms with van der Waals surface area (Å²) in [7, 11) is 0. The number of hydrogen-bond donors (Lipinski definition) is 0. The zero-order valence-electron chi connectivity index (χ0n) is 17.8. The average molecular weight is 400 g/mol. The summed E-state index contributed by atoms with van der Waals surface area (Å²) in [6, 6.07) is 24.6. The van der Waals surface area contributed by atoms with E-state index in [0.29, 0.717) is 0 Å². The van der Waals surface area contributed by atoms with Gasteiger partial charge in [0.05, 0.1) is 6.21 Å². The lowest BCUT2D eigenvalue weighted by atomic mass is 10.1. The number of ether oxygens (including phenoxy) is 1. The van der Waals surface area contributed by atoms with Gasteiger partial charge in [-0.15, -0.1) is 0 Å². The Balaban J connectivity index is 1.30. The van der Waals surface area contributed by atoms with E-state index in [4.69, 9.17) is 9.84 Å². The van der Waals surface area contributed by atoms with E-state index in [-0.39, 0.29) is 0 Å². The van der Waals surface area contributed by atoms with Crippen LogP contribution in [0, 0.1) is 13.8 Å². The topological polar surface area (TPSA) is 28.1 Å². The van der Waals surface area contributed by atoms with Gasteiger partial charge in [-0.05, 0) is 54.8 Å². The number of rotatable bonds is 6. The van der Waals surface area contributed by atoms with Crippen molar-refractivity contribution in [3.8, 4) is 11.5 Å². The molecule has 0 N–H and O–H groups in total. The van der Waals surface area contributed by atoms with Gasteiger partial charge in [0, 0.05) is 32.7 Å². The van der Waals surface area contributed by atoms with Crippen LogP contribution in [0.5, 0.6) is 11.5 Å². The summed E-state index contributed by atoms with van der Waals surface area (Å²) >= 11 is 0. The Kier molecular flexibility index (Phi) is 6.45. The zero-order valence-corrected chi connectivity index (χ0v) is 17.8.